The average Bonchev–Trinajstić information content (AvgIpc) is 2.83. The zero-order chi connectivity index (χ0) is 24.5. The molecule has 0 aromatic heterocycles. The number of nitrogens with zero attached hydrogens (tertiary/aromatic N) is 1. The molecule has 0 aliphatic carbocycles. The predicted molar refractivity (Wildman–Crippen MR) is 129 cm³/mol. The van der Waals surface area contributed by atoms with Crippen LogP contribution < -0.4 is 10.6 Å². The van der Waals surface area contributed by atoms with Crippen molar-refractivity contribution >= 4 is 35.6 Å². The zero-order valence-corrected chi connectivity index (χ0v) is 19.4. The molecule has 0 spiro atoms. The van der Waals surface area contributed by atoms with Crippen LogP contribution in [0.25, 0.3) is 6.08 Å². The molecule has 34 heavy (non-hydrogen) atoms. The molecule has 1 saturated heterocycles. The molecule has 0 atom stereocenters. The Morgan fingerprint density at radius 3 is 2.41 bits per heavy atom. The van der Waals surface area contributed by atoms with Gasteiger partial charge in [-0.05, 0) is 50.0 Å². The highest BCUT2D eigenvalue weighted by atomic mass is 16.5. The normalized spacial score (nSPS) is 14.0. The van der Waals surface area contributed by atoms with Crippen LogP contribution in [0, 0.1) is 19.8 Å². The van der Waals surface area contributed by atoms with Gasteiger partial charge < -0.3 is 15.0 Å². The molecule has 2 aromatic carbocycles. The number of benzene rings is 2. The third-order valence-electron chi connectivity index (χ3n) is 5.59. The number of hydrogen-bond acceptors (Lipinski definition) is 5. The van der Waals surface area contributed by atoms with Gasteiger partial charge >= 0.3 is 12.0 Å². The molecule has 1 heterocycles. The van der Waals surface area contributed by atoms with Crippen LogP contribution in [0.5, 0.6) is 0 Å². The van der Waals surface area contributed by atoms with Gasteiger partial charge in [-0.1, -0.05) is 48.0 Å². The summed E-state index contributed by atoms with van der Waals surface area (Å²) in [5.74, 6) is -1.71. The Labute approximate surface area is 199 Å². The molecule has 8 heteroatoms. The van der Waals surface area contributed by atoms with E-state index in [1.165, 1.54) is 6.08 Å². The smallest absolute Gasteiger partial charge is 0.325 e. The monoisotopic (exact) mass is 463 g/mol. The summed E-state index contributed by atoms with van der Waals surface area (Å²) in [5, 5.41) is 4.75. The van der Waals surface area contributed by atoms with Gasteiger partial charge in [0, 0.05) is 24.9 Å². The SMILES string of the molecule is Cc1ccc(NC(=O)NC(=O)COC(=O)C2CCN(C(=O)/C=C/c3ccccc3)CC2)c(C)c1. The number of nitrogens with one attached hydrogen (secondary N) is 2. The van der Waals surface area contributed by atoms with E-state index >= 15 is 0 Å². The van der Waals surface area contributed by atoms with E-state index in [-0.39, 0.29) is 11.8 Å². The van der Waals surface area contributed by atoms with Gasteiger partial charge in [0.25, 0.3) is 5.91 Å². The van der Waals surface area contributed by atoms with Crippen LogP contribution in [-0.2, 0) is 19.1 Å². The molecule has 1 fully saturated rings. The second-order valence-electron chi connectivity index (χ2n) is 8.27. The van der Waals surface area contributed by atoms with Crippen LogP contribution in [0.4, 0.5) is 10.5 Å². The van der Waals surface area contributed by atoms with Gasteiger partial charge in [-0.3, -0.25) is 19.7 Å². The Morgan fingerprint density at radius 1 is 1.03 bits per heavy atom. The second kappa shape index (κ2) is 11.8. The van der Waals surface area contributed by atoms with Gasteiger partial charge in [-0.25, -0.2) is 4.79 Å². The Hall–Kier alpha value is -3.94. The van der Waals surface area contributed by atoms with E-state index in [9.17, 15) is 19.2 Å². The predicted octanol–water partition coefficient (Wildman–Crippen LogP) is 3.45. The minimum absolute atomic E-state index is 0.107. The van der Waals surface area contributed by atoms with Crippen molar-refractivity contribution in [3.8, 4) is 0 Å². The highest BCUT2D eigenvalue weighted by Gasteiger charge is 2.28. The van der Waals surface area contributed by atoms with E-state index < -0.39 is 24.5 Å². The summed E-state index contributed by atoms with van der Waals surface area (Å²) in [7, 11) is 0. The van der Waals surface area contributed by atoms with Crippen molar-refractivity contribution < 1.29 is 23.9 Å². The summed E-state index contributed by atoms with van der Waals surface area (Å²) in [6, 6.07) is 14.4. The topological polar surface area (TPSA) is 105 Å². The molecule has 0 unspecified atom stereocenters. The Balaban J connectivity index is 1.37. The summed E-state index contributed by atoms with van der Waals surface area (Å²) in [5.41, 5.74) is 3.46. The first kappa shape index (κ1) is 24.7. The lowest BCUT2D eigenvalue weighted by Gasteiger charge is -2.30. The van der Waals surface area contributed by atoms with Crippen molar-refractivity contribution in [3.05, 3.63) is 71.3 Å². The summed E-state index contributed by atoms with van der Waals surface area (Å²) in [6.45, 7) is 4.12. The molecule has 2 N–H and O–H groups in total. The number of imide groups is 1. The molecule has 0 saturated carbocycles. The van der Waals surface area contributed by atoms with Crippen molar-refractivity contribution in [3.63, 3.8) is 0 Å². The Bertz CT molecular complexity index is 1070. The van der Waals surface area contributed by atoms with Crippen molar-refractivity contribution in [1.82, 2.24) is 10.2 Å². The van der Waals surface area contributed by atoms with Crippen LogP contribution >= 0.6 is 0 Å². The maximum absolute atomic E-state index is 12.4. The number of urea groups is 1. The summed E-state index contributed by atoms with van der Waals surface area (Å²) < 4.78 is 5.09. The van der Waals surface area contributed by atoms with Crippen molar-refractivity contribution in [1.29, 1.82) is 0 Å². The zero-order valence-electron chi connectivity index (χ0n) is 19.4. The molecule has 8 nitrogen and oxygen atoms in total. The number of amides is 4. The van der Waals surface area contributed by atoms with Crippen LogP contribution in [0.1, 0.15) is 29.5 Å². The number of piperidine rings is 1. The van der Waals surface area contributed by atoms with Gasteiger partial charge in [0.05, 0.1) is 5.92 Å². The average molecular weight is 464 g/mol. The third kappa shape index (κ3) is 7.30. The molecule has 3 rings (SSSR count). The number of likely N-dealkylation sites (tertiary alicyclic amines) is 1. The number of hydrogen-bond donors (Lipinski definition) is 2. The third-order valence-corrected chi connectivity index (χ3v) is 5.59. The minimum atomic E-state index is -0.714. The first-order valence-electron chi connectivity index (χ1n) is 11.2. The summed E-state index contributed by atoms with van der Waals surface area (Å²) in [4.78, 5) is 50.4. The maximum atomic E-state index is 12.4. The number of aryl methyl sites for hydroxylation is 2. The fourth-order valence-electron chi connectivity index (χ4n) is 3.70. The summed E-state index contributed by atoms with van der Waals surface area (Å²) in [6.07, 6.45) is 4.20. The van der Waals surface area contributed by atoms with Crippen LogP contribution in [0.3, 0.4) is 0 Å². The number of carbonyl (C=O) groups is 4. The lowest BCUT2D eigenvalue weighted by Crippen LogP contribution is -2.41. The second-order valence-corrected chi connectivity index (χ2v) is 8.27. The Morgan fingerprint density at radius 2 is 1.74 bits per heavy atom. The van der Waals surface area contributed by atoms with E-state index in [4.69, 9.17) is 4.74 Å². The number of rotatable bonds is 6. The van der Waals surface area contributed by atoms with Crippen molar-refractivity contribution in [2.75, 3.05) is 25.0 Å². The lowest BCUT2D eigenvalue weighted by molar-refractivity contribution is -0.154. The van der Waals surface area contributed by atoms with E-state index in [0.717, 1.165) is 16.7 Å². The van der Waals surface area contributed by atoms with E-state index in [1.54, 1.807) is 17.0 Å². The number of anilines is 1. The van der Waals surface area contributed by atoms with Crippen molar-refractivity contribution in [2.45, 2.75) is 26.7 Å². The Kier molecular flexibility index (Phi) is 8.56. The molecular formula is C26H29N3O5. The highest BCUT2D eigenvalue weighted by Crippen LogP contribution is 2.19. The van der Waals surface area contributed by atoms with Crippen LogP contribution in [0.2, 0.25) is 0 Å². The number of carbonyl (C=O) groups excluding carboxylic acids is 4. The molecule has 1 aliphatic heterocycles. The van der Waals surface area contributed by atoms with Gasteiger partial charge in [0.2, 0.25) is 5.91 Å². The molecular weight excluding hydrogens is 434 g/mol. The minimum Gasteiger partial charge on any atom is -0.455 e. The molecule has 0 bridgehead atoms. The standard InChI is InChI=1S/C26H29N3O5/c1-18-8-10-22(19(2)16-18)27-26(33)28-23(30)17-34-25(32)21-12-14-29(15-13-21)24(31)11-9-20-6-4-3-5-7-20/h3-11,16,21H,12-15,17H2,1-2H3,(H2,27,28,30,33)/b11-9+. The highest BCUT2D eigenvalue weighted by molar-refractivity contribution is 6.02. The van der Waals surface area contributed by atoms with Gasteiger partial charge in [0.1, 0.15) is 0 Å². The fraction of sp³-hybridized carbons (Fsp3) is 0.308. The molecule has 4 amide bonds. The first-order chi connectivity index (χ1) is 16.3. The molecule has 2 aromatic rings. The fourth-order valence-corrected chi connectivity index (χ4v) is 3.70. The van der Waals surface area contributed by atoms with Crippen LogP contribution in [-0.4, -0.2) is 48.4 Å². The number of ether oxygens (including phenoxy) is 1. The summed E-state index contributed by atoms with van der Waals surface area (Å²) >= 11 is 0. The number of esters is 1. The van der Waals surface area contributed by atoms with Crippen LogP contribution in [0.15, 0.2) is 54.6 Å². The lowest BCUT2D eigenvalue weighted by atomic mass is 9.97. The first-order valence-corrected chi connectivity index (χ1v) is 11.2. The maximum Gasteiger partial charge on any atom is 0.325 e. The van der Waals surface area contributed by atoms with E-state index in [0.29, 0.717) is 31.6 Å². The van der Waals surface area contributed by atoms with Gasteiger partial charge in [0.15, 0.2) is 6.61 Å². The van der Waals surface area contributed by atoms with E-state index in [2.05, 4.69) is 10.6 Å². The van der Waals surface area contributed by atoms with Gasteiger partial charge in [-0.15, -0.1) is 0 Å². The molecule has 1 aliphatic rings. The quantitative estimate of drug-likeness (QED) is 0.504. The van der Waals surface area contributed by atoms with E-state index in [1.807, 2.05) is 56.3 Å². The van der Waals surface area contributed by atoms with Gasteiger partial charge in [-0.2, -0.15) is 0 Å². The van der Waals surface area contributed by atoms with Crippen molar-refractivity contribution in [2.24, 2.45) is 5.92 Å². The molecule has 0 radical (unpaired) electrons. The molecule has 178 valence electrons. The largest absolute Gasteiger partial charge is 0.455 e.